The Kier molecular flexibility index (Phi) is 3.95. The van der Waals surface area contributed by atoms with E-state index in [9.17, 15) is 13.6 Å². The number of halogens is 3. The molecule has 0 fully saturated rings. The summed E-state index contributed by atoms with van der Waals surface area (Å²) in [5, 5.41) is 2.23. The van der Waals surface area contributed by atoms with Gasteiger partial charge in [-0.2, -0.15) is 0 Å². The number of carbonyl (C=O) groups excluding carboxylic acids is 1. The first kappa shape index (κ1) is 13.7. The van der Waals surface area contributed by atoms with Gasteiger partial charge >= 0.3 is 0 Å². The highest BCUT2D eigenvalue weighted by Gasteiger charge is 2.13. The van der Waals surface area contributed by atoms with Gasteiger partial charge in [0.1, 0.15) is 17.3 Å². The number of para-hydroxylation sites is 1. The molecule has 0 saturated heterocycles. The summed E-state index contributed by atoms with van der Waals surface area (Å²) in [6.07, 6.45) is 0. The summed E-state index contributed by atoms with van der Waals surface area (Å²) < 4.78 is 27.6. The minimum Gasteiger partial charge on any atom is -0.317 e. The molecule has 5 heteroatoms. The van der Waals surface area contributed by atoms with E-state index in [1.54, 1.807) is 18.2 Å². The molecule has 0 radical (unpaired) electrons. The molecule has 1 N–H and O–H groups in total. The highest BCUT2D eigenvalue weighted by Crippen LogP contribution is 2.21. The molecule has 0 aliphatic heterocycles. The second kappa shape index (κ2) is 5.48. The summed E-state index contributed by atoms with van der Waals surface area (Å²) in [6, 6.07) is 8.35. The summed E-state index contributed by atoms with van der Waals surface area (Å²) in [4.78, 5) is 11.9. The molecule has 0 atom stereocenters. The second-order valence-corrected chi connectivity index (χ2v) is 4.87. The maximum absolute atomic E-state index is 13.4. The van der Waals surface area contributed by atoms with Gasteiger partial charge in [0.25, 0.3) is 5.91 Å². The van der Waals surface area contributed by atoms with E-state index >= 15 is 0 Å². The first-order chi connectivity index (χ1) is 8.99. The van der Waals surface area contributed by atoms with Crippen molar-refractivity contribution in [2.75, 3.05) is 5.32 Å². The van der Waals surface area contributed by atoms with Gasteiger partial charge in [-0.05, 0) is 36.8 Å². The van der Waals surface area contributed by atoms with Crippen LogP contribution in [-0.2, 0) is 0 Å². The molecule has 0 unspecified atom stereocenters. The summed E-state index contributed by atoms with van der Waals surface area (Å²) in [5.74, 6) is -2.18. The lowest BCUT2D eigenvalue weighted by molar-refractivity contribution is 0.102. The zero-order chi connectivity index (χ0) is 14.0. The van der Waals surface area contributed by atoms with Crippen molar-refractivity contribution in [2.45, 2.75) is 6.92 Å². The third-order valence-electron chi connectivity index (χ3n) is 2.64. The van der Waals surface area contributed by atoms with Gasteiger partial charge in [-0.15, -0.1) is 0 Å². The smallest absolute Gasteiger partial charge is 0.255 e. The molecule has 0 spiro atoms. The summed E-state index contributed by atoms with van der Waals surface area (Å²) in [6.45, 7) is 1.88. The Morgan fingerprint density at radius 3 is 2.37 bits per heavy atom. The van der Waals surface area contributed by atoms with Crippen LogP contribution in [0.2, 0.25) is 0 Å². The van der Waals surface area contributed by atoms with Crippen molar-refractivity contribution >= 4 is 27.5 Å². The van der Waals surface area contributed by atoms with Crippen LogP contribution in [0.4, 0.5) is 14.5 Å². The lowest BCUT2D eigenvalue weighted by Gasteiger charge is -2.08. The molecule has 19 heavy (non-hydrogen) atoms. The van der Waals surface area contributed by atoms with Gasteiger partial charge < -0.3 is 5.32 Å². The number of nitrogens with one attached hydrogen (secondary N) is 1. The van der Waals surface area contributed by atoms with Gasteiger partial charge in [0.2, 0.25) is 0 Å². The van der Waals surface area contributed by atoms with E-state index in [-0.39, 0.29) is 0 Å². The van der Waals surface area contributed by atoms with Crippen molar-refractivity contribution < 1.29 is 13.6 Å². The topological polar surface area (TPSA) is 29.1 Å². The minimum absolute atomic E-state index is 0.320. The van der Waals surface area contributed by atoms with Crippen molar-refractivity contribution in [2.24, 2.45) is 0 Å². The molecule has 1 amide bonds. The number of benzene rings is 2. The largest absolute Gasteiger partial charge is 0.317 e. The predicted octanol–water partition coefficient (Wildman–Crippen LogP) is 4.29. The standard InChI is InChI=1S/C14H10BrF2NO/c1-8-5-6-9(7-10(8)15)14(19)18-13-11(16)3-2-4-12(13)17/h2-7H,1H3,(H,18,19). The number of hydrogen-bond acceptors (Lipinski definition) is 1. The highest BCUT2D eigenvalue weighted by atomic mass is 79.9. The number of rotatable bonds is 2. The van der Waals surface area contributed by atoms with Crippen molar-refractivity contribution in [3.05, 3.63) is 63.6 Å². The average molecular weight is 326 g/mol. The number of hydrogen-bond donors (Lipinski definition) is 1. The van der Waals surface area contributed by atoms with Gasteiger partial charge in [0.15, 0.2) is 0 Å². The maximum atomic E-state index is 13.4. The van der Waals surface area contributed by atoms with Crippen LogP contribution in [0.15, 0.2) is 40.9 Å². The average Bonchev–Trinajstić information content (AvgIpc) is 2.37. The maximum Gasteiger partial charge on any atom is 0.255 e. The number of anilines is 1. The Bertz CT molecular complexity index is 623. The van der Waals surface area contributed by atoms with Crippen LogP contribution in [0, 0.1) is 18.6 Å². The molecule has 98 valence electrons. The van der Waals surface area contributed by atoms with Crippen LogP contribution in [0.25, 0.3) is 0 Å². The first-order valence-corrected chi connectivity index (χ1v) is 6.30. The van der Waals surface area contributed by atoms with Crippen molar-refractivity contribution in [3.63, 3.8) is 0 Å². The molecule has 0 aliphatic rings. The van der Waals surface area contributed by atoms with E-state index in [1.807, 2.05) is 6.92 Å². The summed E-state index contributed by atoms with van der Waals surface area (Å²) in [5.41, 5.74) is 0.845. The summed E-state index contributed by atoms with van der Waals surface area (Å²) >= 11 is 3.30. The molecule has 2 aromatic carbocycles. The van der Waals surface area contributed by atoms with E-state index in [0.717, 1.165) is 22.2 Å². The molecule has 0 aliphatic carbocycles. The SMILES string of the molecule is Cc1ccc(C(=O)Nc2c(F)cccc2F)cc1Br. The lowest BCUT2D eigenvalue weighted by Crippen LogP contribution is -2.14. The van der Waals surface area contributed by atoms with Gasteiger partial charge in [0.05, 0.1) is 0 Å². The van der Waals surface area contributed by atoms with Crippen molar-refractivity contribution in [3.8, 4) is 0 Å². The summed E-state index contributed by atoms with van der Waals surface area (Å²) in [7, 11) is 0. The fourth-order valence-corrected chi connectivity index (χ4v) is 1.92. The highest BCUT2D eigenvalue weighted by molar-refractivity contribution is 9.10. The normalized spacial score (nSPS) is 10.3. The Morgan fingerprint density at radius 2 is 1.79 bits per heavy atom. The van der Waals surface area contributed by atoms with Gasteiger partial charge in [-0.3, -0.25) is 4.79 Å². The Hall–Kier alpha value is -1.75. The van der Waals surface area contributed by atoms with E-state index in [4.69, 9.17) is 0 Å². The second-order valence-electron chi connectivity index (χ2n) is 4.01. The predicted molar refractivity (Wildman–Crippen MR) is 73.2 cm³/mol. The van der Waals surface area contributed by atoms with Gasteiger partial charge in [0, 0.05) is 10.0 Å². The van der Waals surface area contributed by atoms with E-state index in [1.165, 1.54) is 6.07 Å². The first-order valence-electron chi connectivity index (χ1n) is 5.50. The molecule has 0 bridgehead atoms. The number of carbonyl (C=O) groups is 1. The Morgan fingerprint density at radius 1 is 1.16 bits per heavy atom. The third-order valence-corrected chi connectivity index (χ3v) is 3.49. The lowest BCUT2D eigenvalue weighted by atomic mass is 10.1. The molecule has 2 rings (SSSR count). The zero-order valence-corrected chi connectivity index (χ0v) is 11.6. The monoisotopic (exact) mass is 325 g/mol. The molecule has 0 saturated carbocycles. The van der Waals surface area contributed by atoms with E-state index < -0.39 is 23.2 Å². The third kappa shape index (κ3) is 2.98. The Balaban J connectivity index is 2.28. The molecular formula is C14H10BrF2NO. The molecule has 0 aromatic heterocycles. The molecule has 2 aromatic rings. The van der Waals surface area contributed by atoms with E-state index in [2.05, 4.69) is 21.2 Å². The van der Waals surface area contributed by atoms with Crippen molar-refractivity contribution in [1.29, 1.82) is 0 Å². The quantitative estimate of drug-likeness (QED) is 0.876. The minimum atomic E-state index is -0.806. The fourth-order valence-electron chi connectivity index (χ4n) is 1.54. The molecule has 0 heterocycles. The van der Waals surface area contributed by atoms with Crippen LogP contribution in [-0.4, -0.2) is 5.91 Å². The zero-order valence-electron chi connectivity index (χ0n) is 10.0. The van der Waals surface area contributed by atoms with Crippen LogP contribution >= 0.6 is 15.9 Å². The van der Waals surface area contributed by atoms with Crippen LogP contribution < -0.4 is 5.32 Å². The number of amides is 1. The number of aryl methyl sites for hydroxylation is 1. The van der Waals surface area contributed by atoms with Gasteiger partial charge in [-0.25, -0.2) is 8.78 Å². The fraction of sp³-hybridized carbons (Fsp3) is 0.0714. The van der Waals surface area contributed by atoms with Crippen molar-refractivity contribution in [1.82, 2.24) is 0 Å². The van der Waals surface area contributed by atoms with E-state index in [0.29, 0.717) is 5.56 Å². The van der Waals surface area contributed by atoms with Crippen LogP contribution in [0.5, 0.6) is 0 Å². The Labute approximate surface area is 117 Å². The van der Waals surface area contributed by atoms with Gasteiger partial charge in [-0.1, -0.05) is 28.1 Å². The van der Waals surface area contributed by atoms with Crippen LogP contribution in [0.3, 0.4) is 0 Å². The van der Waals surface area contributed by atoms with Crippen LogP contribution in [0.1, 0.15) is 15.9 Å². The molecule has 2 nitrogen and oxygen atoms in total. The molecular weight excluding hydrogens is 316 g/mol.